The number of Topliss-reactive ketones (excluding diaryl/α,β-unsaturated/α-hetero) is 1. The Balaban J connectivity index is 1.70. The lowest BCUT2D eigenvalue weighted by molar-refractivity contribution is 0.102. The first-order chi connectivity index (χ1) is 12.2. The van der Waals surface area contributed by atoms with E-state index in [0.29, 0.717) is 0 Å². The Labute approximate surface area is 147 Å². The molecule has 0 unspecified atom stereocenters. The van der Waals surface area contributed by atoms with E-state index < -0.39 is 0 Å². The number of ether oxygens (including phenoxy) is 1. The molecule has 0 radical (unpaired) electrons. The number of rotatable bonds is 3. The van der Waals surface area contributed by atoms with Crippen molar-refractivity contribution in [3.8, 4) is 5.75 Å². The van der Waals surface area contributed by atoms with Gasteiger partial charge < -0.3 is 9.30 Å². The molecule has 3 nitrogen and oxygen atoms in total. The number of hydrogen-bond donors (Lipinski definition) is 0. The minimum atomic E-state index is 0.117. The van der Waals surface area contributed by atoms with Crippen LogP contribution in [0.2, 0.25) is 0 Å². The smallest absolute Gasteiger partial charge is 0.189 e. The van der Waals surface area contributed by atoms with Crippen molar-refractivity contribution in [1.82, 2.24) is 4.57 Å². The molecule has 1 heterocycles. The molecule has 1 aliphatic carbocycles. The number of ketones is 1. The predicted octanol–water partition coefficient (Wildman–Crippen LogP) is 4.88. The van der Waals surface area contributed by atoms with Crippen LogP contribution in [0.25, 0.3) is 17.0 Å². The standard InChI is InChI=1S/C22H21NO2/c1-3-23-11-10-17-12-15(4-9-21(17)23)13-18-6-5-16-7-8-19(25-2)14-20(16)22(18)24/h4,7-14H,3,5-6H2,1-2H3/b18-13+. The van der Waals surface area contributed by atoms with E-state index in [2.05, 4.69) is 42.0 Å². The number of allylic oxidation sites excluding steroid dienone is 1. The third-order valence-corrected chi connectivity index (χ3v) is 4.99. The molecule has 0 N–H and O–H groups in total. The fourth-order valence-electron chi connectivity index (χ4n) is 3.59. The molecule has 0 atom stereocenters. The molecule has 1 aromatic heterocycles. The van der Waals surface area contributed by atoms with Crippen LogP contribution in [0.3, 0.4) is 0 Å². The Morgan fingerprint density at radius 1 is 1.12 bits per heavy atom. The zero-order chi connectivity index (χ0) is 17.4. The topological polar surface area (TPSA) is 31.2 Å². The SMILES string of the molecule is CCn1ccc2cc(/C=C3\CCc4ccc(OC)cc4C3=O)ccc21. The minimum Gasteiger partial charge on any atom is -0.497 e. The number of carbonyl (C=O) groups is 1. The molecular formula is C22H21NO2. The third kappa shape index (κ3) is 2.76. The first-order valence-corrected chi connectivity index (χ1v) is 8.70. The summed E-state index contributed by atoms with van der Waals surface area (Å²) in [4.78, 5) is 12.9. The van der Waals surface area contributed by atoms with Crippen molar-refractivity contribution < 1.29 is 9.53 Å². The van der Waals surface area contributed by atoms with Crippen LogP contribution >= 0.6 is 0 Å². The number of hydrogen-bond acceptors (Lipinski definition) is 2. The number of aryl methyl sites for hydroxylation is 2. The number of carbonyl (C=O) groups excluding carboxylic acids is 1. The molecule has 0 saturated carbocycles. The lowest BCUT2D eigenvalue weighted by Crippen LogP contribution is -2.14. The predicted molar refractivity (Wildman–Crippen MR) is 101 cm³/mol. The highest BCUT2D eigenvalue weighted by molar-refractivity contribution is 6.13. The Kier molecular flexibility index (Phi) is 3.92. The van der Waals surface area contributed by atoms with E-state index in [1.165, 1.54) is 10.9 Å². The van der Waals surface area contributed by atoms with Gasteiger partial charge in [-0.3, -0.25) is 4.79 Å². The molecule has 0 spiro atoms. The molecule has 1 aliphatic rings. The average molecular weight is 331 g/mol. The summed E-state index contributed by atoms with van der Waals surface area (Å²) in [6.45, 7) is 3.10. The second-order valence-electron chi connectivity index (χ2n) is 6.44. The molecule has 4 rings (SSSR count). The summed E-state index contributed by atoms with van der Waals surface area (Å²) >= 11 is 0. The first-order valence-electron chi connectivity index (χ1n) is 8.70. The van der Waals surface area contributed by atoms with E-state index in [9.17, 15) is 4.79 Å². The van der Waals surface area contributed by atoms with Gasteiger partial charge in [-0.2, -0.15) is 0 Å². The average Bonchev–Trinajstić information content (AvgIpc) is 3.06. The molecule has 0 aliphatic heterocycles. The van der Waals surface area contributed by atoms with Gasteiger partial charge in [-0.25, -0.2) is 0 Å². The molecule has 0 amide bonds. The van der Waals surface area contributed by atoms with Crippen LogP contribution in [-0.4, -0.2) is 17.5 Å². The molecular weight excluding hydrogens is 310 g/mol. The van der Waals surface area contributed by atoms with Gasteiger partial charge in [0.2, 0.25) is 0 Å². The normalized spacial score (nSPS) is 15.6. The third-order valence-electron chi connectivity index (χ3n) is 4.99. The fourth-order valence-corrected chi connectivity index (χ4v) is 3.59. The van der Waals surface area contributed by atoms with Crippen LogP contribution in [-0.2, 0) is 13.0 Å². The molecule has 3 heteroatoms. The lowest BCUT2D eigenvalue weighted by atomic mass is 9.86. The van der Waals surface area contributed by atoms with E-state index in [0.717, 1.165) is 47.4 Å². The second kappa shape index (κ2) is 6.25. The molecule has 0 bridgehead atoms. The Bertz CT molecular complexity index is 994. The molecule has 0 fully saturated rings. The van der Waals surface area contributed by atoms with Crippen LogP contribution in [0.4, 0.5) is 0 Å². The molecule has 0 saturated heterocycles. The highest BCUT2D eigenvalue weighted by atomic mass is 16.5. The van der Waals surface area contributed by atoms with E-state index in [1.807, 2.05) is 24.3 Å². The minimum absolute atomic E-state index is 0.117. The summed E-state index contributed by atoms with van der Waals surface area (Å²) in [5.74, 6) is 0.849. The lowest BCUT2D eigenvalue weighted by Gasteiger charge is -2.18. The van der Waals surface area contributed by atoms with E-state index in [-0.39, 0.29) is 5.78 Å². The van der Waals surface area contributed by atoms with Crippen molar-refractivity contribution in [2.24, 2.45) is 0 Å². The molecule has 25 heavy (non-hydrogen) atoms. The van der Waals surface area contributed by atoms with Crippen molar-refractivity contribution in [2.75, 3.05) is 7.11 Å². The number of benzene rings is 2. The van der Waals surface area contributed by atoms with Gasteiger partial charge in [-0.1, -0.05) is 12.1 Å². The first kappa shape index (κ1) is 15.7. The summed E-state index contributed by atoms with van der Waals surface area (Å²) < 4.78 is 7.49. The van der Waals surface area contributed by atoms with Crippen LogP contribution in [0, 0.1) is 0 Å². The zero-order valence-electron chi connectivity index (χ0n) is 14.6. The van der Waals surface area contributed by atoms with Crippen molar-refractivity contribution in [2.45, 2.75) is 26.3 Å². The maximum absolute atomic E-state index is 12.9. The van der Waals surface area contributed by atoms with Crippen LogP contribution in [0.1, 0.15) is 34.8 Å². The van der Waals surface area contributed by atoms with Gasteiger partial charge in [-0.15, -0.1) is 0 Å². The quantitative estimate of drug-likeness (QED) is 0.640. The van der Waals surface area contributed by atoms with Gasteiger partial charge in [0, 0.05) is 34.8 Å². The van der Waals surface area contributed by atoms with Gasteiger partial charge in [0.05, 0.1) is 7.11 Å². The summed E-state index contributed by atoms with van der Waals surface area (Å²) in [7, 11) is 1.63. The Morgan fingerprint density at radius 3 is 2.80 bits per heavy atom. The number of aromatic nitrogens is 1. The Morgan fingerprint density at radius 2 is 2.00 bits per heavy atom. The molecule has 126 valence electrons. The summed E-state index contributed by atoms with van der Waals surface area (Å²) in [5.41, 5.74) is 5.06. The van der Waals surface area contributed by atoms with Crippen LogP contribution < -0.4 is 4.74 Å². The van der Waals surface area contributed by atoms with Gasteiger partial charge in [0.1, 0.15) is 5.75 Å². The van der Waals surface area contributed by atoms with E-state index in [4.69, 9.17) is 4.74 Å². The molecule has 3 aromatic rings. The number of fused-ring (bicyclic) bond motifs is 2. The summed E-state index contributed by atoms with van der Waals surface area (Å²) in [6.07, 6.45) is 5.82. The van der Waals surface area contributed by atoms with Crippen molar-refractivity contribution in [3.63, 3.8) is 0 Å². The monoisotopic (exact) mass is 331 g/mol. The zero-order valence-corrected chi connectivity index (χ0v) is 14.6. The van der Waals surface area contributed by atoms with Gasteiger partial charge in [-0.05, 0) is 67.3 Å². The van der Waals surface area contributed by atoms with Crippen molar-refractivity contribution >= 4 is 22.8 Å². The largest absolute Gasteiger partial charge is 0.497 e. The van der Waals surface area contributed by atoms with Gasteiger partial charge >= 0.3 is 0 Å². The summed E-state index contributed by atoms with van der Waals surface area (Å²) in [6, 6.07) is 14.3. The maximum Gasteiger partial charge on any atom is 0.189 e. The van der Waals surface area contributed by atoms with E-state index in [1.54, 1.807) is 7.11 Å². The van der Waals surface area contributed by atoms with Crippen molar-refractivity contribution in [1.29, 1.82) is 0 Å². The molecule has 2 aromatic carbocycles. The van der Waals surface area contributed by atoms with Crippen LogP contribution in [0.15, 0.2) is 54.2 Å². The number of methoxy groups -OCH3 is 1. The summed E-state index contributed by atoms with van der Waals surface area (Å²) in [5, 5.41) is 1.21. The number of nitrogens with zero attached hydrogens (tertiary/aromatic N) is 1. The van der Waals surface area contributed by atoms with E-state index >= 15 is 0 Å². The van der Waals surface area contributed by atoms with Gasteiger partial charge in [0.25, 0.3) is 0 Å². The fraction of sp³-hybridized carbons (Fsp3) is 0.227. The van der Waals surface area contributed by atoms with Gasteiger partial charge in [0.15, 0.2) is 5.78 Å². The second-order valence-corrected chi connectivity index (χ2v) is 6.44. The maximum atomic E-state index is 12.9. The van der Waals surface area contributed by atoms with Crippen LogP contribution in [0.5, 0.6) is 5.75 Å². The Hall–Kier alpha value is -2.81. The highest BCUT2D eigenvalue weighted by Gasteiger charge is 2.22. The van der Waals surface area contributed by atoms with Crippen molar-refractivity contribution in [3.05, 3.63) is 70.9 Å². The highest BCUT2D eigenvalue weighted by Crippen LogP contribution is 2.30.